The molecule has 1 aliphatic rings. The first-order chi connectivity index (χ1) is 12.2. The van der Waals surface area contributed by atoms with E-state index < -0.39 is 0 Å². The number of anilines is 1. The van der Waals surface area contributed by atoms with Crippen LogP contribution in [0.15, 0.2) is 36.8 Å². The summed E-state index contributed by atoms with van der Waals surface area (Å²) in [6.07, 6.45) is 4.83. The maximum atomic E-state index is 13.0. The Labute approximate surface area is 143 Å². The summed E-state index contributed by atoms with van der Waals surface area (Å²) < 4.78 is 13.0. The largest absolute Gasteiger partial charge is 0.366 e. The molecule has 3 aromatic rings. The number of aromatic nitrogens is 4. The number of fused-ring (bicyclic) bond motifs is 1. The molecule has 0 radical (unpaired) electrons. The lowest BCUT2D eigenvalue weighted by molar-refractivity contribution is 0.0718. The molecule has 0 spiro atoms. The van der Waals surface area contributed by atoms with Crippen molar-refractivity contribution in [3.05, 3.63) is 48.2 Å². The lowest BCUT2D eigenvalue weighted by atomic mass is 10.0. The summed E-state index contributed by atoms with van der Waals surface area (Å²) in [5.41, 5.74) is 1.21. The highest BCUT2D eigenvalue weighted by Crippen LogP contribution is 2.21. The number of nitrogens with zero attached hydrogens (tertiary/aromatic N) is 4. The number of hydrogen-bond donors (Lipinski definition) is 2. The average molecular weight is 340 g/mol. The van der Waals surface area contributed by atoms with Crippen LogP contribution in [0.3, 0.4) is 0 Å². The molecule has 3 heterocycles. The van der Waals surface area contributed by atoms with E-state index in [1.54, 1.807) is 11.1 Å². The van der Waals surface area contributed by atoms with E-state index in [0.29, 0.717) is 24.3 Å². The monoisotopic (exact) mass is 340 g/mol. The third-order valence-corrected chi connectivity index (χ3v) is 4.46. The van der Waals surface area contributed by atoms with Gasteiger partial charge in [-0.1, -0.05) is 0 Å². The first-order valence-electron chi connectivity index (χ1n) is 8.16. The van der Waals surface area contributed by atoms with Crippen LogP contribution in [0.1, 0.15) is 23.2 Å². The Balaban J connectivity index is 1.39. The van der Waals surface area contributed by atoms with E-state index in [2.05, 4.69) is 25.5 Å². The Morgan fingerprint density at radius 3 is 2.72 bits per heavy atom. The van der Waals surface area contributed by atoms with Gasteiger partial charge in [0.25, 0.3) is 5.91 Å². The molecule has 0 aliphatic carbocycles. The van der Waals surface area contributed by atoms with Crippen LogP contribution in [-0.4, -0.2) is 50.1 Å². The molecule has 2 aromatic heterocycles. The van der Waals surface area contributed by atoms with Gasteiger partial charge in [-0.25, -0.2) is 14.4 Å². The molecule has 1 aromatic carbocycles. The van der Waals surface area contributed by atoms with E-state index in [1.165, 1.54) is 30.6 Å². The van der Waals surface area contributed by atoms with Crippen molar-refractivity contribution < 1.29 is 9.18 Å². The topological polar surface area (TPSA) is 86.8 Å². The van der Waals surface area contributed by atoms with E-state index in [9.17, 15) is 9.18 Å². The number of aromatic amines is 1. The SMILES string of the molecule is O=C(c1ccc(F)cc1)N1CCC(Nc2ncnc3[nH]ncc23)CC1. The summed E-state index contributed by atoms with van der Waals surface area (Å²) in [4.78, 5) is 22.7. The first kappa shape index (κ1) is 15.5. The molecule has 1 aliphatic heterocycles. The number of halogens is 1. The fourth-order valence-corrected chi connectivity index (χ4v) is 3.08. The van der Waals surface area contributed by atoms with Crippen LogP contribution in [-0.2, 0) is 0 Å². The van der Waals surface area contributed by atoms with E-state index >= 15 is 0 Å². The minimum absolute atomic E-state index is 0.0577. The number of rotatable bonds is 3. The molecule has 1 amide bonds. The number of carbonyl (C=O) groups is 1. The zero-order valence-electron chi connectivity index (χ0n) is 13.4. The van der Waals surface area contributed by atoms with E-state index in [4.69, 9.17) is 0 Å². The molecule has 0 unspecified atom stereocenters. The average Bonchev–Trinajstić information content (AvgIpc) is 3.12. The van der Waals surface area contributed by atoms with Gasteiger partial charge in [0.1, 0.15) is 18.0 Å². The quantitative estimate of drug-likeness (QED) is 0.763. The predicted octanol–water partition coefficient (Wildman–Crippen LogP) is 2.21. The molecule has 1 saturated heterocycles. The zero-order chi connectivity index (χ0) is 17.2. The van der Waals surface area contributed by atoms with Crippen LogP contribution in [0, 0.1) is 5.82 Å². The van der Waals surface area contributed by atoms with Crippen molar-refractivity contribution in [3.63, 3.8) is 0 Å². The summed E-state index contributed by atoms with van der Waals surface area (Å²) in [6, 6.07) is 5.90. The van der Waals surface area contributed by atoms with Gasteiger partial charge in [0.05, 0.1) is 11.6 Å². The van der Waals surface area contributed by atoms with Gasteiger partial charge in [0.2, 0.25) is 0 Å². The number of amides is 1. The van der Waals surface area contributed by atoms with Crippen LogP contribution in [0.2, 0.25) is 0 Å². The van der Waals surface area contributed by atoms with E-state index in [-0.39, 0.29) is 17.8 Å². The van der Waals surface area contributed by atoms with Gasteiger partial charge >= 0.3 is 0 Å². The molecule has 25 heavy (non-hydrogen) atoms. The normalized spacial score (nSPS) is 15.5. The molecule has 4 rings (SSSR count). The first-order valence-corrected chi connectivity index (χ1v) is 8.16. The van der Waals surface area contributed by atoms with Gasteiger partial charge in [-0.2, -0.15) is 5.10 Å². The van der Waals surface area contributed by atoms with Gasteiger partial charge < -0.3 is 10.2 Å². The predicted molar refractivity (Wildman–Crippen MR) is 90.6 cm³/mol. The minimum atomic E-state index is -0.338. The zero-order valence-corrected chi connectivity index (χ0v) is 13.4. The Bertz CT molecular complexity index is 886. The number of likely N-dealkylation sites (tertiary alicyclic amines) is 1. The second-order valence-electron chi connectivity index (χ2n) is 6.07. The number of benzene rings is 1. The van der Waals surface area contributed by atoms with Crippen LogP contribution in [0.5, 0.6) is 0 Å². The van der Waals surface area contributed by atoms with Crippen molar-refractivity contribution in [2.45, 2.75) is 18.9 Å². The highest BCUT2D eigenvalue weighted by atomic mass is 19.1. The van der Waals surface area contributed by atoms with Crippen LogP contribution >= 0.6 is 0 Å². The molecule has 8 heteroatoms. The molecule has 128 valence electrons. The standard InChI is InChI=1S/C17H17FN6O/c18-12-3-1-11(2-4-12)17(25)24-7-5-13(6-8-24)22-15-14-9-21-23-16(14)20-10-19-15/h1-4,9-10,13H,5-8H2,(H2,19,20,21,22,23). The van der Waals surface area contributed by atoms with Crippen molar-refractivity contribution in [2.24, 2.45) is 0 Å². The second kappa shape index (κ2) is 6.46. The summed E-state index contributed by atoms with van der Waals surface area (Å²) in [5, 5.41) is 11.1. The maximum Gasteiger partial charge on any atom is 0.253 e. The van der Waals surface area contributed by atoms with Crippen molar-refractivity contribution in [1.29, 1.82) is 0 Å². The molecule has 0 atom stereocenters. The van der Waals surface area contributed by atoms with Crippen molar-refractivity contribution >= 4 is 22.8 Å². The fourth-order valence-electron chi connectivity index (χ4n) is 3.08. The number of carbonyl (C=O) groups excluding carboxylic acids is 1. The summed E-state index contributed by atoms with van der Waals surface area (Å²) in [5.74, 6) is 0.356. The molecule has 1 fully saturated rings. The molecule has 0 saturated carbocycles. The van der Waals surface area contributed by atoms with Gasteiger partial charge in [-0.15, -0.1) is 0 Å². The number of hydrogen-bond acceptors (Lipinski definition) is 5. The third kappa shape index (κ3) is 3.15. The molecule has 7 nitrogen and oxygen atoms in total. The van der Waals surface area contributed by atoms with Gasteiger partial charge in [-0.3, -0.25) is 9.89 Å². The van der Waals surface area contributed by atoms with Crippen LogP contribution in [0.4, 0.5) is 10.2 Å². The molecular formula is C17H17FN6O. The third-order valence-electron chi connectivity index (χ3n) is 4.46. The van der Waals surface area contributed by atoms with Crippen molar-refractivity contribution in [1.82, 2.24) is 25.1 Å². The van der Waals surface area contributed by atoms with Crippen molar-refractivity contribution in [2.75, 3.05) is 18.4 Å². The number of H-pyrrole nitrogens is 1. The Morgan fingerprint density at radius 1 is 1.20 bits per heavy atom. The van der Waals surface area contributed by atoms with Crippen LogP contribution in [0.25, 0.3) is 11.0 Å². The van der Waals surface area contributed by atoms with E-state index in [1.807, 2.05) is 0 Å². The lowest BCUT2D eigenvalue weighted by Gasteiger charge is -2.32. The smallest absolute Gasteiger partial charge is 0.253 e. The second-order valence-corrected chi connectivity index (χ2v) is 6.07. The Morgan fingerprint density at radius 2 is 1.96 bits per heavy atom. The minimum Gasteiger partial charge on any atom is -0.366 e. The highest BCUT2D eigenvalue weighted by Gasteiger charge is 2.24. The van der Waals surface area contributed by atoms with Crippen molar-refractivity contribution in [3.8, 4) is 0 Å². The summed E-state index contributed by atoms with van der Waals surface area (Å²) in [6.45, 7) is 1.29. The number of piperidine rings is 1. The van der Waals surface area contributed by atoms with Gasteiger partial charge in [0, 0.05) is 24.7 Å². The van der Waals surface area contributed by atoms with Crippen LogP contribution < -0.4 is 5.32 Å². The summed E-state index contributed by atoms with van der Waals surface area (Å²) in [7, 11) is 0. The molecular weight excluding hydrogens is 323 g/mol. The molecule has 2 N–H and O–H groups in total. The Hall–Kier alpha value is -3.03. The summed E-state index contributed by atoms with van der Waals surface area (Å²) >= 11 is 0. The van der Waals surface area contributed by atoms with E-state index in [0.717, 1.165) is 24.0 Å². The Kier molecular flexibility index (Phi) is 4.01. The maximum absolute atomic E-state index is 13.0. The van der Waals surface area contributed by atoms with Gasteiger partial charge in [0.15, 0.2) is 5.65 Å². The van der Waals surface area contributed by atoms with Gasteiger partial charge in [-0.05, 0) is 37.1 Å². The molecule has 0 bridgehead atoms. The highest BCUT2D eigenvalue weighted by molar-refractivity contribution is 5.94. The number of nitrogens with one attached hydrogen (secondary N) is 2. The fraction of sp³-hybridized carbons (Fsp3) is 0.294. The lowest BCUT2D eigenvalue weighted by Crippen LogP contribution is -2.42.